The molecule has 0 atom stereocenters. The molecular formula is C25H23N3O3S. The number of carbonyl (C=O) groups excluding carboxylic acids is 1. The monoisotopic (exact) mass is 445 g/mol. The largest absolute Gasteiger partial charge is 0.497 e. The molecule has 0 spiro atoms. The minimum absolute atomic E-state index is 0.117. The van der Waals surface area contributed by atoms with Gasteiger partial charge in [-0.3, -0.25) is 4.79 Å². The maximum atomic E-state index is 12.5. The van der Waals surface area contributed by atoms with E-state index >= 15 is 0 Å². The predicted octanol–water partition coefficient (Wildman–Crippen LogP) is 5.26. The molecule has 7 heteroatoms. The van der Waals surface area contributed by atoms with Crippen LogP contribution in [0.4, 0.5) is 5.69 Å². The molecule has 162 valence electrons. The zero-order valence-electron chi connectivity index (χ0n) is 17.8. The number of ether oxygens (including phenoxy) is 2. The fraction of sp³-hybridized carbons (Fsp3) is 0.240. The van der Waals surface area contributed by atoms with Crippen molar-refractivity contribution >= 4 is 33.1 Å². The molecule has 0 fully saturated rings. The Hall–Kier alpha value is -3.45. The lowest BCUT2D eigenvalue weighted by Crippen LogP contribution is -2.20. The number of thiophene rings is 1. The third kappa shape index (κ3) is 4.16. The van der Waals surface area contributed by atoms with Crippen molar-refractivity contribution in [3.63, 3.8) is 0 Å². The molecule has 0 saturated carbocycles. The normalized spacial score (nSPS) is 12.9. The van der Waals surface area contributed by atoms with E-state index in [9.17, 15) is 4.79 Å². The molecule has 1 amide bonds. The average molecular weight is 446 g/mol. The van der Waals surface area contributed by atoms with Gasteiger partial charge >= 0.3 is 0 Å². The third-order valence-electron chi connectivity index (χ3n) is 5.53. The smallest absolute Gasteiger partial charge is 0.262 e. The number of carbonyl (C=O) groups is 1. The number of methoxy groups -OCH3 is 1. The minimum Gasteiger partial charge on any atom is -0.497 e. The SMILES string of the molecule is COc1ccc(-c2nc(OCC(=O)Nc3ccccc3)c3c4c(sc3n2)CCCC4)cc1. The number of nitrogens with one attached hydrogen (secondary N) is 1. The van der Waals surface area contributed by atoms with E-state index in [-0.39, 0.29) is 12.5 Å². The quantitative estimate of drug-likeness (QED) is 0.438. The second kappa shape index (κ2) is 8.96. The first kappa shape index (κ1) is 20.5. The summed E-state index contributed by atoms with van der Waals surface area (Å²) in [7, 11) is 1.64. The molecule has 2 aromatic heterocycles. The number of hydrogen-bond donors (Lipinski definition) is 1. The highest BCUT2D eigenvalue weighted by Crippen LogP contribution is 2.40. The van der Waals surface area contributed by atoms with Crippen LogP contribution in [0.15, 0.2) is 54.6 Å². The molecule has 0 bridgehead atoms. The van der Waals surface area contributed by atoms with Gasteiger partial charge in [0.05, 0.1) is 12.5 Å². The van der Waals surface area contributed by atoms with Gasteiger partial charge in [-0.15, -0.1) is 11.3 Å². The number of anilines is 1. The molecule has 0 unspecified atom stereocenters. The van der Waals surface area contributed by atoms with Crippen molar-refractivity contribution in [2.75, 3.05) is 19.0 Å². The van der Waals surface area contributed by atoms with E-state index in [0.29, 0.717) is 11.7 Å². The average Bonchev–Trinajstić information content (AvgIpc) is 3.22. The van der Waals surface area contributed by atoms with Crippen LogP contribution in [0.25, 0.3) is 21.6 Å². The van der Waals surface area contributed by atoms with Crippen LogP contribution >= 0.6 is 11.3 Å². The lowest BCUT2D eigenvalue weighted by Gasteiger charge is -2.13. The zero-order chi connectivity index (χ0) is 21.9. The molecule has 0 radical (unpaired) electrons. The number of rotatable bonds is 6. The van der Waals surface area contributed by atoms with Gasteiger partial charge in [0.15, 0.2) is 12.4 Å². The summed E-state index contributed by atoms with van der Waals surface area (Å²) in [5, 5.41) is 3.81. The summed E-state index contributed by atoms with van der Waals surface area (Å²) in [5.74, 6) is 1.61. The van der Waals surface area contributed by atoms with Crippen LogP contribution in [0.2, 0.25) is 0 Å². The fourth-order valence-corrected chi connectivity index (χ4v) is 5.20. The van der Waals surface area contributed by atoms with Crippen molar-refractivity contribution in [3.8, 4) is 23.0 Å². The number of para-hydroxylation sites is 1. The van der Waals surface area contributed by atoms with E-state index in [1.54, 1.807) is 18.4 Å². The van der Waals surface area contributed by atoms with Gasteiger partial charge in [-0.2, -0.15) is 4.98 Å². The number of benzene rings is 2. The van der Waals surface area contributed by atoms with Gasteiger partial charge in [-0.1, -0.05) is 18.2 Å². The van der Waals surface area contributed by atoms with Gasteiger partial charge < -0.3 is 14.8 Å². The Morgan fingerprint density at radius 3 is 2.59 bits per heavy atom. The number of aryl methyl sites for hydroxylation is 2. The molecule has 32 heavy (non-hydrogen) atoms. The minimum atomic E-state index is -0.224. The van der Waals surface area contributed by atoms with Crippen molar-refractivity contribution in [3.05, 3.63) is 65.0 Å². The molecule has 4 aromatic rings. The molecule has 2 heterocycles. The van der Waals surface area contributed by atoms with Crippen molar-refractivity contribution in [1.82, 2.24) is 9.97 Å². The number of aromatic nitrogens is 2. The standard InChI is InChI=1S/C25H23N3O3S/c1-30-18-13-11-16(12-14-18)23-27-24(31-15-21(29)26-17-7-3-2-4-8-17)22-19-9-5-6-10-20(19)32-25(22)28-23/h2-4,7-8,11-14H,5-6,9-10,15H2,1H3,(H,26,29). The lowest BCUT2D eigenvalue weighted by molar-refractivity contribution is -0.118. The van der Waals surface area contributed by atoms with E-state index in [4.69, 9.17) is 19.4 Å². The number of nitrogens with zero attached hydrogens (tertiary/aromatic N) is 2. The van der Waals surface area contributed by atoms with E-state index in [1.165, 1.54) is 16.9 Å². The maximum Gasteiger partial charge on any atom is 0.262 e. The number of fused-ring (bicyclic) bond motifs is 3. The highest BCUT2D eigenvalue weighted by Gasteiger charge is 2.23. The molecule has 2 aromatic carbocycles. The Morgan fingerprint density at radius 2 is 1.81 bits per heavy atom. The Morgan fingerprint density at radius 1 is 1.03 bits per heavy atom. The molecule has 0 saturated heterocycles. The van der Waals surface area contributed by atoms with Crippen LogP contribution in [-0.2, 0) is 17.6 Å². The predicted molar refractivity (Wildman–Crippen MR) is 127 cm³/mol. The summed E-state index contributed by atoms with van der Waals surface area (Å²) in [4.78, 5) is 24.3. The second-order valence-corrected chi connectivity index (χ2v) is 8.76. The summed E-state index contributed by atoms with van der Waals surface area (Å²) in [6, 6.07) is 17.0. The summed E-state index contributed by atoms with van der Waals surface area (Å²) < 4.78 is 11.3. The van der Waals surface area contributed by atoms with E-state index < -0.39 is 0 Å². The first-order valence-electron chi connectivity index (χ1n) is 10.7. The Labute approximate surface area is 190 Å². The van der Waals surface area contributed by atoms with E-state index in [2.05, 4.69) is 5.32 Å². The number of hydrogen-bond acceptors (Lipinski definition) is 6. The zero-order valence-corrected chi connectivity index (χ0v) is 18.6. The fourth-order valence-electron chi connectivity index (χ4n) is 3.95. The van der Waals surface area contributed by atoms with Crippen LogP contribution < -0.4 is 14.8 Å². The summed E-state index contributed by atoms with van der Waals surface area (Å²) in [5.41, 5.74) is 2.88. The van der Waals surface area contributed by atoms with Crippen molar-refractivity contribution < 1.29 is 14.3 Å². The van der Waals surface area contributed by atoms with E-state index in [1.807, 2.05) is 54.6 Å². The molecule has 1 aliphatic rings. The molecule has 0 aliphatic heterocycles. The summed E-state index contributed by atoms with van der Waals surface area (Å²) in [6.07, 6.45) is 4.39. The molecule has 5 rings (SSSR count). The molecular weight excluding hydrogens is 422 g/mol. The van der Waals surface area contributed by atoms with Crippen molar-refractivity contribution in [2.24, 2.45) is 0 Å². The summed E-state index contributed by atoms with van der Waals surface area (Å²) in [6.45, 7) is -0.117. The van der Waals surface area contributed by atoms with Crippen LogP contribution in [-0.4, -0.2) is 29.6 Å². The van der Waals surface area contributed by atoms with Crippen LogP contribution in [0.1, 0.15) is 23.3 Å². The van der Waals surface area contributed by atoms with Gasteiger partial charge in [0.2, 0.25) is 5.88 Å². The highest BCUT2D eigenvalue weighted by atomic mass is 32.1. The Balaban J connectivity index is 1.48. The molecule has 6 nitrogen and oxygen atoms in total. The Kier molecular flexibility index (Phi) is 5.73. The van der Waals surface area contributed by atoms with Gasteiger partial charge in [0.1, 0.15) is 10.6 Å². The van der Waals surface area contributed by atoms with Gasteiger partial charge in [0.25, 0.3) is 5.91 Å². The van der Waals surface area contributed by atoms with Crippen molar-refractivity contribution in [2.45, 2.75) is 25.7 Å². The van der Waals surface area contributed by atoms with Gasteiger partial charge in [0, 0.05) is 16.1 Å². The first-order valence-corrected chi connectivity index (χ1v) is 11.5. The summed E-state index contributed by atoms with van der Waals surface area (Å²) >= 11 is 1.71. The van der Waals surface area contributed by atoms with Crippen LogP contribution in [0.5, 0.6) is 11.6 Å². The topological polar surface area (TPSA) is 73.3 Å². The molecule has 1 N–H and O–H groups in total. The third-order valence-corrected chi connectivity index (χ3v) is 6.71. The van der Waals surface area contributed by atoms with Crippen LogP contribution in [0.3, 0.4) is 0 Å². The van der Waals surface area contributed by atoms with Crippen LogP contribution in [0, 0.1) is 0 Å². The highest BCUT2D eigenvalue weighted by molar-refractivity contribution is 7.18. The van der Waals surface area contributed by atoms with E-state index in [0.717, 1.165) is 46.5 Å². The van der Waals surface area contributed by atoms with Gasteiger partial charge in [-0.05, 0) is 67.6 Å². The maximum absolute atomic E-state index is 12.5. The van der Waals surface area contributed by atoms with Crippen molar-refractivity contribution in [1.29, 1.82) is 0 Å². The second-order valence-electron chi connectivity index (χ2n) is 7.67. The molecule has 1 aliphatic carbocycles. The lowest BCUT2D eigenvalue weighted by atomic mass is 9.97. The number of amides is 1. The first-order chi connectivity index (χ1) is 15.7. The van der Waals surface area contributed by atoms with Gasteiger partial charge in [-0.25, -0.2) is 4.98 Å². The Bertz CT molecular complexity index is 1250.